The molecular weight excluding hydrogens is 256 g/mol. The zero-order valence-electron chi connectivity index (χ0n) is 12.2. The van der Waals surface area contributed by atoms with Crippen molar-refractivity contribution in [2.45, 2.75) is 32.2 Å². The molecule has 20 heavy (non-hydrogen) atoms. The van der Waals surface area contributed by atoms with Crippen LogP contribution in [0.1, 0.15) is 18.1 Å². The molecular formula is C15H24N2O3. The third-order valence-corrected chi connectivity index (χ3v) is 3.80. The molecule has 5 heteroatoms. The second kappa shape index (κ2) is 7.04. The van der Waals surface area contributed by atoms with Crippen LogP contribution in [-0.2, 0) is 17.8 Å². The van der Waals surface area contributed by atoms with Crippen molar-refractivity contribution in [2.24, 2.45) is 5.73 Å². The number of methoxy groups -OCH3 is 1. The summed E-state index contributed by atoms with van der Waals surface area (Å²) in [5.41, 5.74) is 7.88. The first kappa shape index (κ1) is 15.3. The van der Waals surface area contributed by atoms with Gasteiger partial charge in [0.05, 0.1) is 26.4 Å². The van der Waals surface area contributed by atoms with Gasteiger partial charge < -0.3 is 20.3 Å². The van der Waals surface area contributed by atoms with Gasteiger partial charge in [0.1, 0.15) is 5.75 Å². The summed E-state index contributed by atoms with van der Waals surface area (Å²) >= 11 is 0. The van der Waals surface area contributed by atoms with Gasteiger partial charge in [-0.1, -0.05) is 12.1 Å². The zero-order valence-corrected chi connectivity index (χ0v) is 12.2. The summed E-state index contributed by atoms with van der Waals surface area (Å²) in [5.74, 6) is 0.838. The number of aliphatic hydroxyl groups excluding tert-OH is 1. The van der Waals surface area contributed by atoms with Crippen LogP contribution in [0.3, 0.4) is 0 Å². The van der Waals surface area contributed by atoms with E-state index in [1.807, 2.05) is 12.1 Å². The molecule has 1 aromatic carbocycles. The lowest BCUT2D eigenvalue weighted by Crippen LogP contribution is -2.48. The summed E-state index contributed by atoms with van der Waals surface area (Å²) < 4.78 is 10.9. The number of hydrogen-bond donors (Lipinski definition) is 2. The van der Waals surface area contributed by atoms with E-state index in [0.717, 1.165) is 24.4 Å². The van der Waals surface area contributed by atoms with Gasteiger partial charge in [0, 0.05) is 31.2 Å². The smallest absolute Gasteiger partial charge is 0.123 e. The van der Waals surface area contributed by atoms with Gasteiger partial charge in [-0.25, -0.2) is 0 Å². The Morgan fingerprint density at radius 3 is 2.95 bits per heavy atom. The average Bonchev–Trinajstić information content (AvgIpc) is 2.49. The number of hydrogen-bond acceptors (Lipinski definition) is 5. The van der Waals surface area contributed by atoms with Gasteiger partial charge in [0.2, 0.25) is 0 Å². The van der Waals surface area contributed by atoms with Crippen molar-refractivity contribution in [3.05, 3.63) is 29.3 Å². The topological polar surface area (TPSA) is 68.0 Å². The number of morpholine rings is 1. The van der Waals surface area contributed by atoms with E-state index < -0.39 is 0 Å². The van der Waals surface area contributed by atoms with Crippen molar-refractivity contribution in [3.8, 4) is 5.75 Å². The van der Waals surface area contributed by atoms with E-state index in [2.05, 4.69) is 17.9 Å². The number of benzene rings is 1. The molecule has 1 saturated heterocycles. The second-order valence-corrected chi connectivity index (χ2v) is 5.27. The summed E-state index contributed by atoms with van der Waals surface area (Å²) in [6.07, 6.45) is -0.0867. The van der Waals surface area contributed by atoms with Gasteiger partial charge >= 0.3 is 0 Å². The Balaban J connectivity index is 2.08. The largest absolute Gasteiger partial charge is 0.496 e. The lowest BCUT2D eigenvalue weighted by Gasteiger charge is -2.37. The molecule has 0 bridgehead atoms. The minimum absolute atomic E-state index is 0.0681. The Bertz CT molecular complexity index is 439. The fourth-order valence-electron chi connectivity index (χ4n) is 2.50. The molecule has 112 valence electrons. The van der Waals surface area contributed by atoms with Gasteiger partial charge in [-0.15, -0.1) is 0 Å². The standard InChI is InChI=1S/C15H24N2O3/c1-11-10-20-14(9-18)8-17(11)7-12-3-4-13(6-16)15(5-12)19-2/h3-5,11,14,18H,6-10,16H2,1-2H3. The van der Waals surface area contributed by atoms with Crippen molar-refractivity contribution in [1.29, 1.82) is 0 Å². The molecule has 1 aliphatic rings. The molecule has 0 radical (unpaired) electrons. The van der Waals surface area contributed by atoms with Crippen LogP contribution < -0.4 is 10.5 Å². The van der Waals surface area contributed by atoms with Crippen LogP contribution in [0.15, 0.2) is 18.2 Å². The van der Waals surface area contributed by atoms with E-state index >= 15 is 0 Å². The highest BCUT2D eigenvalue weighted by atomic mass is 16.5. The van der Waals surface area contributed by atoms with E-state index in [9.17, 15) is 5.11 Å². The van der Waals surface area contributed by atoms with Crippen molar-refractivity contribution in [2.75, 3.05) is 26.9 Å². The molecule has 2 unspecified atom stereocenters. The summed E-state index contributed by atoms with van der Waals surface area (Å²) in [5, 5.41) is 9.23. The fourth-order valence-corrected chi connectivity index (χ4v) is 2.50. The number of nitrogens with zero attached hydrogens (tertiary/aromatic N) is 1. The number of nitrogens with two attached hydrogens (primary N) is 1. The summed E-state index contributed by atoms with van der Waals surface area (Å²) in [6, 6.07) is 6.49. The van der Waals surface area contributed by atoms with Crippen molar-refractivity contribution in [3.63, 3.8) is 0 Å². The Morgan fingerprint density at radius 2 is 2.30 bits per heavy atom. The normalized spacial score (nSPS) is 23.8. The first-order valence-corrected chi connectivity index (χ1v) is 7.00. The van der Waals surface area contributed by atoms with Gasteiger partial charge in [0.15, 0.2) is 0 Å². The van der Waals surface area contributed by atoms with Crippen molar-refractivity contribution < 1.29 is 14.6 Å². The molecule has 3 N–H and O–H groups in total. The van der Waals surface area contributed by atoms with Crippen LogP contribution in [0.2, 0.25) is 0 Å². The van der Waals surface area contributed by atoms with Gasteiger partial charge in [-0.3, -0.25) is 4.90 Å². The van der Waals surface area contributed by atoms with Crippen LogP contribution in [0.25, 0.3) is 0 Å². The minimum atomic E-state index is -0.0867. The number of aliphatic hydroxyl groups is 1. The monoisotopic (exact) mass is 280 g/mol. The molecule has 0 saturated carbocycles. The van der Waals surface area contributed by atoms with E-state index in [-0.39, 0.29) is 12.7 Å². The summed E-state index contributed by atoms with van der Waals surface area (Å²) in [6.45, 7) is 4.91. The molecule has 0 aliphatic carbocycles. The maximum Gasteiger partial charge on any atom is 0.123 e. The van der Waals surface area contributed by atoms with Gasteiger partial charge in [-0.05, 0) is 18.6 Å². The molecule has 1 aliphatic heterocycles. The number of ether oxygens (including phenoxy) is 2. The van der Waals surface area contributed by atoms with Gasteiger partial charge in [0.25, 0.3) is 0 Å². The Hall–Kier alpha value is -1.14. The maximum absolute atomic E-state index is 9.23. The predicted molar refractivity (Wildman–Crippen MR) is 77.6 cm³/mol. The Kier molecular flexibility index (Phi) is 5.37. The van der Waals surface area contributed by atoms with Crippen LogP contribution >= 0.6 is 0 Å². The summed E-state index contributed by atoms with van der Waals surface area (Å²) in [4.78, 5) is 2.32. The lowest BCUT2D eigenvalue weighted by molar-refractivity contribution is -0.0805. The molecule has 2 rings (SSSR count). The Labute approximate surface area is 120 Å². The van der Waals surface area contributed by atoms with Crippen LogP contribution in [0, 0.1) is 0 Å². The Morgan fingerprint density at radius 1 is 1.50 bits per heavy atom. The van der Waals surface area contributed by atoms with Gasteiger partial charge in [-0.2, -0.15) is 0 Å². The molecule has 1 fully saturated rings. The maximum atomic E-state index is 9.23. The van der Waals surface area contributed by atoms with Crippen LogP contribution in [-0.4, -0.2) is 49.0 Å². The molecule has 0 aromatic heterocycles. The molecule has 0 amide bonds. The van der Waals surface area contributed by atoms with E-state index in [1.165, 1.54) is 5.56 Å². The molecule has 0 spiro atoms. The first-order chi connectivity index (χ1) is 9.67. The van der Waals surface area contributed by atoms with Crippen LogP contribution in [0.4, 0.5) is 0 Å². The predicted octanol–water partition coefficient (Wildman–Crippen LogP) is 0.735. The highest BCUT2D eigenvalue weighted by Crippen LogP contribution is 2.22. The third kappa shape index (κ3) is 3.49. The van der Waals surface area contributed by atoms with E-state index in [1.54, 1.807) is 7.11 Å². The molecule has 2 atom stereocenters. The fraction of sp³-hybridized carbons (Fsp3) is 0.600. The lowest BCUT2D eigenvalue weighted by atomic mass is 10.1. The molecule has 1 aromatic rings. The second-order valence-electron chi connectivity index (χ2n) is 5.27. The first-order valence-electron chi connectivity index (χ1n) is 7.00. The summed E-state index contributed by atoms with van der Waals surface area (Å²) in [7, 11) is 1.66. The minimum Gasteiger partial charge on any atom is -0.496 e. The highest BCUT2D eigenvalue weighted by molar-refractivity contribution is 5.37. The van der Waals surface area contributed by atoms with E-state index in [4.69, 9.17) is 15.2 Å². The average molecular weight is 280 g/mol. The quantitative estimate of drug-likeness (QED) is 0.832. The van der Waals surface area contributed by atoms with Crippen LogP contribution in [0.5, 0.6) is 5.75 Å². The van der Waals surface area contributed by atoms with Crippen molar-refractivity contribution >= 4 is 0 Å². The van der Waals surface area contributed by atoms with Crippen molar-refractivity contribution in [1.82, 2.24) is 4.90 Å². The molecule has 5 nitrogen and oxygen atoms in total. The van der Waals surface area contributed by atoms with E-state index in [0.29, 0.717) is 19.2 Å². The third-order valence-electron chi connectivity index (χ3n) is 3.80. The molecule has 1 heterocycles. The number of rotatable bonds is 5. The highest BCUT2D eigenvalue weighted by Gasteiger charge is 2.25. The zero-order chi connectivity index (χ0) is 14.5. The SMILES string of the molecule is COc1cc(CN2CC(CO)OCC2C)ccc1CN.